The first-order valence-electron chi connectivity index (χ1n) is 2.00. The fourth-order valence-electron chi connectivity index (χ4n) is 0. The van der Waals surface area contributed by atoms with E-state index in [4.69, 9.17) is 0 Å². The minimum Gasteiger partial charge on any atom is -0.0697 e. The van der Waals surface area contributed by atoms with E-state index in [0.29, 0.717) is 0 Å². The zero-order valence-electron chi connectivity index (χ0n) is 4.82. The second-order valence-electron chi connectivity index (χ2n) is 3.00. The summed E-state index contributed by atoms with van der Waals surface area (Å²) in [5.74, 6) is 0. The first-order valence-corrected chi connectivity index (χ1v) is 6.00. The molecule has 0 aromatic heterocycles. The predicted molar refractivity (Wildman–Crippen MR) is 29.2 cm³/mol. The molecule has 0 nitrogen and oxygen atoms in total. The summed E-state index contributed by atoms with van der Waals surface area (Å²) in [7, 11) is -0.611. The van der Waals surface area contributed by atoms with Gasteiger partial charge in [0, 0.05) is 28.5 Å². The Morgan fingerprint density at radius 3 is 0.833 bits per heavy atom. The topological polar surface area (TPSA) is 0 Å². The molecule has 0 unspecified atom stereocenters. The molecule has 0 radical (unpaired) electrons. The molecule has 0 saturated heterocycles. The molecular formula is C4H12PdSi. The quantitative estimate of drug-likeness (QED) is 0.517. The van der Waals surface area contributed by atoms with Crippen LogP contribution in [0.3, 0.4) is 0 Å². The van der Waals surface area contributed by atoms with Gasteiger partial charge in [-0.2, -0.15) is 0 Å². The van der Waals surface area contributed by atoms with Gasteiger partial charge in [0.25, 0.3) is 0 Å². The molecule has 0 aromatic rings. The van der Waals surface area contributed by atoms with Crippen molar-refractivity contribution in [3.05, 3.63) is 0 Å². The van der Waals surface area contributed by atoms with Crippen LogP contribution in [0.1, 0.15) is 0 Å². The summed E-state index contributed by atoms with van der Waals surface area (Å²) in [6.07, 6.45) is 0. The van der Waals surface area contributed by atoms with E-state index in [-0.39, 0.29) is 20.4 Å². The number of hydrogen-bond acceptors (Lipinski definition) is 0. The van der Waals surface area contributed by atoms with Crippen LogP contribution in [0.2, 0.25) is 26.2 Å². The summed E-state index contributed by atoms with van der Waals surface area (Å²) >= 11 is 0. The van der Waals surface area contributed by atoms with Crippen LogP contribution in [-0.2, 0) is 20.4 Å². The van der Waals surface area contributed by atoms with Crippen LogP contribution in [0.15, 0.2) is 0 Å². The molecule has 0 amide bonds. The zero-order valence-corrected chi connectivity index (χ0v) is 7.37. The molecule has 6 heavy (non-hydrogen) atoms. The Morgan fingerprint density at radius 2 is 0.833 bits per heavy atom. The average molecular weight is 195 g/mol. The normalized spacial score (nSPS) is 10.0. The molecule has 0 aliphatic carbocycles. The largest absolute Gasteiger partial charge is 0.0697 e. The van der Waals surface area contributed by atoms with Crippen LogP contribution in [0, 0.1) is 0 Å². The van der Waals surface area contributed by atoms with Gasteiger partial charge in [-0.1, -0.05) is 26.2 Å². The van der Waals surface area contributed by atoms with Crippen LogP contribution in [0.5, 0.6) is 0 Å². The molecule has 0 atom stereocenters. The summed E-state index contributed by atoms with van der Waals surface area (Å²) in [6.45, 7) is 9.31. The molecule has 0 heterocycles. The van der Waals surface area contributed by atoms with Crippen molar-refractivity contribution in [2.24, 2.45) is 0 Å². The van der Waals surface area contributed by atoms with Gasteiger partial charge in [-0.25, -0.2) is 0 Å². The Bertz CT molecular complexity index is 23.0. The van der Waals surface area contributed by atoms with Crippen molar-refractivity contribution in [3.63, 3.8) is 0 Å². The van der Waals surface area contributed by atoms with Gasteiger partial charge in [0.1, 0.15) is 0 Å². The Hall–Kier alpha value is 0.879. The molecule has 0 saturated carbocycles. The number of rotatable bonds is 0. The van der Waals surface area contributed by atoms with Crippen molar-refractivity contribution in [2.45, 2.75) is 26.2 Å². The first-order chi connectivity index (χ1) is 2.00. The van der Waals surface area contributed by atoms with Crippen LogP contribution in [-0.4, -0.2) is 8.07 Å². The van der Waals surface area contributed by atoms with Gasteiger partial charge in [-0.05, 0) is 0 Å². The third kappa shape index (κ3) is 95.0. The van der Waals surface area contributed by atoms with Gasteiger partial charge in [0.05, 0.1) is 0 Å². The molecule has 0 spiro atoms. The van der Waals surface area contributed by atoms with Crippen molar-refractivity contribution in [2.75, 3.05) is 0 Å². The van der Waals surface area contributed by atoms with Crippen molar-refractivity contribution in [1.29, 1.82) is 0 Å². The second kappa shape index (κ2) is 2.96. The maximum absolute atomic E-state index is 2.33. The molecule has 0 rings (SSSR count). The third-order valence-electron chi connectivity index (χ3n) is 0. The standard InChI is InChI=1S/C4H12Si.Pd/c1-5(2,3)4;/h1-4H3;. The molecule has 0 fully saturated rings. The van der Waals surface area contributed by atoms with Crippen LogP contribution in [0.25, 0.3) is 0 Å². The van der Waals surface area contributed by atoms with Crippen LogP contribution >= 0.6 is 0 Å². The van der Waals surface area contributed by atoms with Gasteiger partial charge in [-0.15, -0.1) is 0 Å². The van der Waals surface area contributed by atoms with Crippen LogP contribution in [0.4, 0.5) is 0 Å². The molecule has 0 aliphatic heterocycles. The summed E-state index contributed by atoms with van der Waals surface area (Å²) < 4.78 is 0. The molecular weight excluding hydrogens is 183 g/mol. The maximum Gasteiger partial charge on any atom is 0.0411 e. The monoisotopic (exact) mass is 194 g/mol. The van der Waals surface area contributed by atoms with Gasteiger partial charge in [0.15, 0.2) is 0 Å². The minimum atomic E-state index is -0.611. The van der Waals surface area contributed by atoms with Crippen molar-refractivity contribution >= 4 is 8.07 Å². The molecule has 0 aromatic carbocycles. The Morgan fingerprint density at radius 1 is 0.833 bits per heavy atom. The smallest absolute Gasteiger partial charge is 0.0411 e. The van der Waals surface area contributed by atoms with E-state index in [1.54, 1.807) is 0 Å². The summed E-state index contributed by atoms with van der Waals surface area (Å²) in [5, 5.41) is 0. The SMILES string of the molecule is C[Si](C)(C)C.[Pd]. The molecule has 42 valence electrons. The van der Waals surface area contributed by atoms with Crippen molar-refractivity contribution in [3.8, 4) is 0 Å². The van der Waals surface area contributed by atoms with E-state index >= 15 is 0 Å². The van der Waals surface area contributed by atoms with E-state index in [9.17, 15) is 0 Å². The van der Waals surface area contributed by atoms with Crippen molar-refractivity contribution < 1.29 is 20.4 Å². The Kier molecular flexibility index (Phi) is 4.92. The maximum atomic E-state index is 2.33. The summed E-state index contributed by atoms with van der Waals surface area (Å²) in [6, 6.07) is 0. The second-order valence-corrected chi connectivity index (χ2v) is 9.00. The molecule has 2 heteroatoms. The van der Waals surface area contributed by atoms with Gasteiger partial charge >= 0.3 is 0 Å². The van der Waals surface area contributed by atoms with E-state index < -0.39 is 8.07 Å². The van der Waals surface area contributed by atoms with Crippen molar-refractivity contribution in [1.82, 2.24) is 0 Å². The summed E-state index contributed by atoms with van der Waals surface area (Å²) in [5.41, 5.74) is 0. The van der Waals surface area contributed by atoms with Gasteiger partial charge in [-0.3, -0.25) is 0 Å². The molecule has 0 N–H and O–H groups in total. The fourth-order valence-corrected chi connectivity index (χ4v) is 0. The molecule has 0 aliphatic rings. The number of hydrogen-bond donors (Lipinski definition) is 0. The Labute approximate surface area is 55.0 Å². The first kappa shape index (κ1) is 9.99. The molecule has 0 bridgehead atoms. The van der Waals surface area contributed by atoms with E-state index in [2.05, 4.69) is 26.2 Å². The van der Waals surface area contributed by atoms with Crippen LogP contribution < -0.4 is 0 Å². The summed E-state index contributed by atoms with van der Waals surface area (Å²) in [4.78, 5) is 0. The van der Waals surface area contributed by atoms with E-state index in [1.165, 1.54) is 0 Å². The minimum absolute atomic E-state index is 0. The van der Waals surface area contributed by atoms with Gasteiger partial charge < -0.3 is 0 Å². The Balaban J connectivity index is 0. The van der Waals surface area contributed by atoms with E-state index in [1.807, 2.05) is 0 Å². The average Bonchev–Trinajstić information content (AvgIpc) is 0.722. The van der Waals surface area contributed by atoms with E-state index in [0.717, 1.165) is 0 Å². The predicted octanol–water partition coefficient (Wildman–Crippen LogP) is 1.95. The van der Waals surface area contributed by atoms with Gasteiger partial charge in [0.2, 0.25) is 0 Å². The zero-order chi connectivity index (χ0) is 4.50. The third-order valence-corrected chi connectivity index (χ3v) is 0. The fraction of sp³-hybridized carbons (Fsp3) is 1.00.